The first-order valence-corrected chi connectivity index (χ1v) is 12.1. The Kier molecular flexibility index (Phi) is 6.69. The summed E-state index contributed by atoms with van der Waals surface area (Å²) in [5, 5.41) is 11.3. The van der Waals surface area contributed by atoms with Crippen LogP contribution < -0.4 is 4.74 Å². The number of halogens is 1. The van der Waals surface area contributed by atoms with Crippen molar-refractivity contribution in [1.82, 2.24) is 0 Å². The highest BCUT2D eigenvalue weighted by molar-refractivity contribution is 7.16. The molecule has 0 bridgehead atoms. The van der Waals surface area contributed by atoms with E-state index >= 15 is 0 Å². The first kappa shape index (κ1) is 22.6. The molecule has 0 fully saturated rings. The highest BCUT2D eigenvalue weighted by Crippen LogP contribution is 2.44. The lowest BCUT2D eigenvalue weighted by Crippen LogP contribution is -2.26. The largest absolute Gasteiger partial charge is 0.489 e. The number of rotatable bonds is 5. The van der Waals surface area contributed by atoms with Gasteiger partial charge in [0.05, 0.1) is 5.56 Å². The smallest absolute Gasteiger partial charge is 0.134 e. The van der Waals surface area contributed by atoms with E-state index in [2.05, 4.69) is 31.8 Å². The van der Waals surface area contributed by atoms with E-state index in [1.807, 2.05) is 54.7 Å². The van der Waals surface area contributed by atoms with Crippen LogP contribution in [0.1, 0.15) is 54.3 Å². The summed E-state index contributed by atoms with van der Waals surface area (Å²) >= 11 is 7.60. The minimum atomic E-state index is 0.287. The third kappa shape index (κ3) is 5.23. The molecule has 0 amide bonds. The Balaban J connectivity index is 1.44. The topological polar surface area (TPSA) is 45.4 Å². The third-order valence-corrected chi connectivity index (χ3v) is 7.53. The fourth-order valence-electron chi connectivity index (χ4n) is 4.05. The molecular formula is C27H27ClN2OS. The van der Waals surface area contributed by atoms with Crippen molar-refractivity contribution in [2.75, 3.05) is 0 Å². The number of hydrogen-bond donors (Lipinski definition) is 0. The predicted octanol–water partition coefficient (Wildman–Crippen LogP) is 7.75. The monoisotopic (exact) mass is 462 g/mol. The van der Waals surface area contributed by atoms with Gasteiger partial charge >= 0.3 is 0 Å². The standard InChI is InChI=1S/C27H27ClN2OS/c1-27(2,3)20-8-13-23-24(15-29)26(32-25(23)14-20)30-16-18-6-11-22(12-7-18)31-17-19-4-9-21(28)10-5-19/h4-7,9-12,16,20H,8,13-14,17H2,1-3H3/t20-/m0/s1. The number of nitriles is 1. The van der Waals surface area contributed by atoms with E-state index in [4.69, 9.17) is 16.3 Å². The molecule has 164 valence electrons. The highest BCUT2D eigenvalue weighted by atomic mass is 35.5. The SMILES string of the molecule is CC(C)(C)[C@H]1CCc2c(sc(N=Cc3ccc(OCc4ccc(Cl)cc4)cc3)c2C#N)C1. The molecule has 3 aromatic rings. The molecule has 0 N–H and O–H groups in total. The van der Waals surface area contributed by atoms with E-state index in [-0.39, 0.29) is 5.41 Å². The van der Waals surface area contributed by atoms with Crippen molar-refractivity contribution in [2.45, 2.75) is 46.6 Å². The van der Waals surface area contributed by atoms with Crippen molar-refractivity contribution in [3.63, 3.8) is 0 Å². The van der Waals surface area contributed by atoms with Crippen LogP contribution >= 0.6 is 22.9 Å². The Morgan fingerprint density at radius 3 is 2.53 bits per heavy atom. The van der Waals surface area contributed by atoms with Gasteiger partial charge in [-0.2, -0.15) is 5.26 Å². The average Bonchev–Trinajstić information content (AvgIpc) is 3.14. The summed E-state index contributed by atoms with van der Waals surface area (Å²) in [6.45, 7) is 7.42. The van der Waals surface area contributed by atoms with Crippen molar-refractivity contribution >= 4 is 34.2 Å². The van der Waals surface area contributed by atoms with Crippen LogP contribution in [0.15, 0.2) is 53.5 Å². The number of aliphatic imine (C=N–C) groups is 1. The summed E-state index contributed by atoms with van der Waals surface area (Å²) in [6, 6.07) is 17.9. The number of nitrogens with zero attached hydrogens (tertiary/aromatic N) is 2. The van der Waals surface area contributed by atoms with Gasteiger partial charge in [-0.1, -0.05) is 44.5 Å². The van der Waals surface area contributed by atoms with Gasteiger partial charge in [0.2, 0.25) is 0 Å². The summed E-state index contributed by atoms with van der Waals surface area (Å²) in [6.07, 6.45) is 5.00. The summed E-state index contributed by atoms with van der Waals surface area (Å²) < 4.78 is 5.85. The second-order valence-corrected chi connectivity index (χ2v) is 10.9. The van der Waals surface area contributed by atoms with Crippen LogP contribution in [0.4, 0.5) is 5.00 Å². The van der Waals surface area contributed by atoms with Gasteiger partial charge in [-0.3, -0.25) is 0 Å². The Morgan fingerprint density at radius 1 is 1.16 bits per heavy atom. The second-order valence-electron chi connectivity index (χ2n) is 9.34. The maximum atomic E-state index is 9.75. The molecule has 0 aliphatic heterocycles. The van der Waals surface area contributed by atoms with E-state index in [0.29, 0.717) is 12.5 Å². The molecule has 32 heavy (non-hydrogen) atoms. The van der Waals surface area contributed by atoms with Crippen LogP contribution in [0.3, 0.4) is 0 Å². The van der Waals surface area contributed by atoms with Crippen molar-refractivity contribution in [2.24, 2.45) is 16.3 Å². The molecule has 5 heteroatoms. The fraction of sp³-hybridized carbons (Fsp3) is 0.333. The predicted molar refractivity (Wildman–Crippen MR) is 133 cm³/mol. The quantitative estimate of drug-likeness (QED) is 0.364. The zero-order valence-electron chi connectivity index (χ0n) is 18.7. The first-order chi connectivity index (χ1) is 15.3. The molecule has 1 atom stereocenters. The molecule has 0 saturated heterocycles. The molecule has 3 nitrogen and oxygen atoms in total. The van der Waals surface area contributed by atoms with Crippen molar-refractivity contribution in [1.29, 1.82) is 5.26 Å². The Hall–Kier alpha value is -2.61. The first-order valence-electron chi connectivity index (χ1n) is 10.9. The summed E-state index contributed by atoms with van der Waals surface area (Å²) in [5.74, 6) is 1.45. The summed E-state index contributed by atoms with van der Waals surface area (Å²) in [4.78, 5) is 6.03. The molecule has 0 spiro atoms. The lowest BCUT2D eigenvalue weighted by Gasteiger charge is -2.33. The van der Waals surface area contributed by atoms with Gasteiger partial charge < -0.3 is 4.74 Å². The van der Waals surface area contributed by atoms with Crippen molar-refractivity contribution in [3.8, 4) is 11.8 Å². The molecule has 1 heterocycles. The molecule has 2 aromatic carbocycles. The average molecular weight is 463 g/mol. The maximum absolute atomic E-state index is 9.75. The number of thiophene rings is 1. The molecular weight excluding hydrogens is 436 g/mol. The Morgan fingerprint density at radius 2 is 1.88 bits per heavy atom. The summed E-state index contributed by atoms with van der Waals surface area (Å²) in [7, 11) is 0. The molecule has 1 aromatic heterocycles. The number of fused-ring (bicyclic) bond motifs is 1. The third-order valence-electron chi connectivity index (χ3n) is 6.11. The van der Waals surface area contributed by atoms with Crippen molar-refractivity contribution < 1.29 is 4.74 Å². The number of benzene rings is 2. The van der Waals surface area contributed by atoms with Gasteiger partial charge in [-0.15, -0.1) is 11.3 Å². The lowest BCUT2D eigenvalue weighted by molar-refractivity contribution is 0.218. The summed E-state index contributed by atoms with van der Waals surface area (Å²) in [5.41, 5.74) is 4.31. The van der Waals surface area contributed by atoms with Crippen LogP contribution in [0, 0.1) is 22.7 Å². The van der Waals surface area contributed by atoms with Crippen LogP contribution in [-0.4, -0.2) is 6.21 Å². The maximum Gasteiger partial charge on any atom is 0.134 e. The van der Waals surface area contributed by atoms with Gasteiger partial charge in [-0.05, 0) is 83.7 Å². The molecule has 4 rings (SSSR count). The van der Waals surface area contributed by atoms with Gasteiger partial charge in [0, 0.05) is 16.1 Å². The Bertz CT molecular complexity index is 1150. The zero-order valence-corrected chi connectivity index (χ0v) is 20.3. The molecule has 1 aliphatic rings. The Labute approximate surface area is 199 Å². The van der Waals surface area contributed by atoms with Crippen LogP contribution in [-0.2, 0) is 19.4 Å². The van der Waals surface area contributed by atoms with E-state index in [9.17, 15) is 5.26 Å². The van der Waals surface area contributed by atoms with E-state index < -0.39 is 0 Å². The van der Waals surface area contributed by atoms with Crippen LogP contribution in [0.2, 0.25) is 5.02 Å². The van der Waals surface area contributed by atoms with Gasteiger partial charge in [0.1, 0.15) is 23.4 Å². The van der Waals surface area contributed by atoms with E-state index in [1.54, 1.807) is 11.3 Å². The molecule has 0 saturated carbocycles. The molecule has 0 unspecified atom stereocenters. The number of hydrogen-bond acceptors (Lipinski definition) is 4. The number of ether oxygens (including phenoxy) is 1. The minimum Gasteiger partial charge on any atom is -0.489 e. The van der Waals surface area contributed by atoms with Crippen molar-refractivity contribution in [3.05, 3.63) is 80.7 Å². The fourth-order valence-corrected chi connectivity index (χ4v) is 5.40. The van der Waals surface area contributed by atoms with E-state index in [0.717, 1.165) is 51.7 Å². The molecule has 1 aliphatic carbocycles. The highest BCUT2D eigenvalue weighted by Gasteiger charge is 2.32. The van der Waals surface area contributed by atoms with E-state index in [1.165, 1.54) is 10.4 Å². The van der Waals surface area contributed by atoms with Gasteiger partial charge in [0.15, 0.2) is 0 Å². The minimum absolute atomic E-state index is 0.287. The lowest BCUT2D eigenvalue weighted by atomic mass is 9.72. The zero-order chi connectivity index (χ0) is 22.7. The van der Waals surface area contributed by atoms with Crippen LogP contribution in [0.5, 0.6) is 5.75 Å². The molecule has 0 radical (unpaired) electrons. The van der Waals surface area contributed by atoms with Crippen LogP contribution in [0.25, 0.3) is 0 Å². The van der Waals surface area contributed by atoms with Gasteiger partial charge in [-0.25, -0.2) is 4.99 Å². The van der Waals surface area contributed by atoms with Gasteiger partial charge in [0.25, 0.3) is 0 Å². The normalized spacial score (nSPS) is 16.0. The second kappa shape index (κ2) is 9.48.